The van der Waals surface area contributed by atoms with Crippen LogP contribution in [0.2, 0.25) is 0 Å². The van der Waals surface area contributed by atoms with Crippen LogP contribution in [0.25, 0.3) is 0 Å². The van der Waals surface area contributed by atoms with Crippen LogP contribution in [0.15, 0.2) is 0 Å². The summed E-state index contributed by atoms with van der Waals surface area (Å²) in [4.78, 5) is 10.2. The molecule has 3 heteroatoms. The molecule has 0 aliphatic carbocycles. The zero-order chi connectivity index (χ0) is 5.70. The van der Waals surface area contributed by atoms with Crippen molar-refractivity contribution in [2.24, 2.45) is 0 Å². The smallest absolute Gasteiger partial charge is 0.146 e. The Balaban J connectivity index is 0. The summed E-state index contributed by atoms with van der Waals surface area (Å²) in [5.74, 6) is 0.0162. The Morgan fingerprint density at radius 2 is 2.25 bits per heavy atom. The van der Waals surface area contributed by atoms with Gasteiger partial charge in [-0.3, -0.25) is 4.79 Å². The molecule has 0 bridgehead atoms. The molecule has 0 atom stereocenters. The number of nitriles is 1. The maximum atomic E-state index is 10.2. The van der Waals surface area contributed by atoms with E-state index in [1.54, 1.807) is 13.0 Å². The Hall–Kier alpha value is 0.160. The minimum absolute atomic E-state index is 0. The fourth-order valence-electron chi connectivity index (χ4n) is 0.213. The number of hydrogen-bond acceptors (Lipinski definition) is 2. The number of hydrogen-bond donors (Lipinski definition) is 0. The minimum Gasteiger partial charge on any atom is -0.299 e. The van der Waals surface area contributed by atoms with Gasteiger partial charge in [0.2, 0.25) is 0 Å². The van der Waals surface area contributed by atoms with Gasteiger partial charge in [0.15, 0.2) is 0 Å². The van der Waals surface area contributed by atoms with Crippen LogP contribution in [-0.2, 0) is 4.79 Å². The molecule has 0 heterocycles. The van der Waals surface area contributed by atoms with Crippen molar-refractivity contribution in [3.05, 3.63) is 0 Å². The topological polar surface area (TPSA) is 40.9 Å². The summed E-state index contributed by atoms with van der Waals surface area (Å²) in [5.41, 5.74) is 0. The zero-order valence-electron chi connectivity index (χ0n) is 5.27. The van der Waals surface area contributed by atoms with Crippen LogP contribution in [0.5, 0.6) is 0 Å². The molecule has 0 amide bonds. The van der Waals surface area contributed by atoms with Crippen molar-refractivity contribution in [3.8, 4) is 6.07 Å². The first-order valence-corrected chi connectivity index (χ1v) is 2.20. The van der Waals surface area contributed by atoms with Crippen molar-refractivity contribution in [1.82, 2.24) is 0 Å². The fourth-order valence-corrected chi connectivity index (χ4v) is 0.213. The summed E-state index contributed by atoms with van der Waals surface area (Å²) in [6.45, 7) is 1.75. The van der Waals surface area contributed by atoms with E-state index in [9.17, 15) is 4.79 Å². The molecule has 2 nitrogen and oxygen atoms in total. The van der Waals surface area contributed by atoms with Gasteiger partial charge in [0, 0.05) is 36.0 Å². The van der Waals surface area contributed by atoms with Crippen LogP contribution in [0.3, 0.4) is 0 Å². The number of rotatable bonds is 2. The maximum absolute atomic E-state index is 10.2. The average Bonchev–Trinajstić information content (AvgIpc) is 1.68. The van der Waals surface area contributed by atoms with Crippen LogP contribution in [0.4, 0.5) is 0 Å². The van der Waals surface area contributed by atoms with Crippen molar-refractivity contribution in [2.75, 3.05) is 0 Å². The second-order valence-electron chi connectivity index (χ2n) is 1.23. The van der Waals surface area contributed by atoms with E-state index in [-0.39, 0.29) is 41.8 Å². The molecular weight excluding hydrogens is 113 g/mol. The second-order valence-corrected chi connectivity index (χ2v) is 1.23. The van der Waals surface area contributed by atoms with Crippen LogP contribution < -0.4 is 0 Å². The molecule has 1 radical (unpaired) electrons. The molecule has 0 rings (SSSR count). The van der Waals surface area contributed by atoms with Crippen LogP contribution >= 0.6 is 0 Å². The molecule has 0 aliphatic rings. The molecule has 0 aromatic heterocycles. The largest absolute Gasteiger partial charge is 0.299 e. The van der Waals surface area contributed by atoms with Gasteiger partial charge in [-0.25, -0.2) is 0 Å². The molecule has 0 aromatic carbocycles. The van der Waals surface area contributed by atoms with Gasteiger partial charge in [0.25, 0.3) is 0 Å². The van der Waals surface area contributed by atoms with E-state index in [0.717, 1.165) is 0 Å². The second kappa shape index (κ2) is 7.16. The Morgan fingerprint density at radius 1 is 1.75 bits per heavy atom. The molecule has 0 unspecified atom stereocenters. The normalized spacial score (nSPS) is 6.50. The summed E-state index contributed by atoms with van der Waals surface area (Å²) >= 11 is 0. The number of ketones is 1. The van der Waals surface area contributed by atoms with E-state index in [1.807, 2.05) is 0 Å². The quantitative estimate of drug-likeness (QED) is 0.498. The third-order valence-corrected chi connectivity index (χ3v) is 0.671. The number of carbonyl (C=O) groups is 1. The van der Waals surface area contributed by atoms with Gasteiger partial charge >= 0.3 is 0 Å². The maximum Gasteiger partial charge on any atom is 0.146 e. The third kappa shape index (κ3) is 6.16. The van der Waals surface area contributed by atoms with E-state index < -0.39 is 0 Å². The van der Waals surface area contributed by atoms with Crippen molar-refractivity contribution >= 4 is 35.3 Å². The van der Waals surface area contributed by atoms with Gasteiger partial charge in [0.05, 0.1) is 12.5 Å². The molecule has 8 heavy (non-hydrogen) atoms. The molecule has 0 N–H and O–H groups in total. The van der Waals surface area contributed by atoms with Crippen LogP contribution in [0.1, 0.15) is 19.8 Å². The Bertz CT molecular complexity index is 105. The summed E-state index contributed by atoms with van der Waals surface area (Å²) in [6.07, 6.45) is 0.546. The van der Waals surface area contributed by atoms with E-state index in [1.165, 1.54) is 0 Å². The minimum atomic E-state index is 0. The summed E-state index contributed by atoms with van der Waals surface area (Å²) in [5, 5.41) is 7.90. The molecular formula is C5H7NNaO. The first kappa shape index (κ1) is 11.0. The monoisotopic (exact) mass is 120 g/mol. The van der Waals surface area contributed by atoms with E-state index in [4.69, 9.17) is 5.26 Å². The predicted octanol–water partition coefficient (Wildman–Crippen LogP) is 0.498. The molecule has 0 aromatic rings. The molecule has 0 fully saturated rings. The number of nitrogens with zero attached hydrogens (tertiary/aromatic N) is 1. The zero-order valence-corrected chi connectivity index (χ0v) is 7.27. The van der Waals surface area contributed by atoms with Gasteiger partial charge in [-0.2, -0.15) is 5.26 Å². The van der Waals surface area contributed by atoms with E-state index in [2.05, 4.69) is 0 Å². The third-order valence-electron chi connectivity index (χ3n) is 0.671. The van der Waals surface area contributed by atoms with Crippen molar-refractivity contribution in [2.45, 2.75) is 19.8 Å². The molecule has 0 saturated carbocycles. The average molecular weight is 120 g/mol. The van der Waals surface area contributed by atoms with Gasteiger partial charge in [-0.15, -0.1) is 0 Å². The van der Waals surface area contributed by atoms with Crippen molar-refractivity contribution in [1.29, 1.82) is 5.26 Å². The summed E-state index contributed by atoms with van der Waals surface area (Å²) in [7, 11) is 0. The van der Waals surface area contributed by atoms with Gasteiger partial charge < -0.3 is 0 Å². The number of Topliss-reactive ketones (excluding diaryl/α,β-unsaturated/α-hetero) is 1. The van der Waals surface area contributed by atoms with Gasteiger partial charge in [0.1, 0.15) is 5.78 Å². The molecule has 0 saturated heterocycles. The van der Waals surface area contributed by atoms with Crippen LogP contribution in [0, 0.1) is 11.3 Å². The SMILES string of the molecule is CCC(=O)CC#N.[Na]. The first-order valence-electron chi connectivity index (χ1n) is 2.20. The first-order chi connectivity index (χ1) is 3.31. The van der Waals surface area contributed by atoms with Gasteiger partial charge in [-0.1, -0.05) is 6.92 Å². The van der Waals surface area contributed by atoms with Crippen molar-refractivity contribution < 1.29 is 4.79 Å². The van der Waals surface area contributed by atoms with E-state index in [0.29, 0.717) is 6.42 Å². The Labute approximate surface area is 71.2 Å². The fraction of sp³-hybridized carbons (Fsp3) is 0.600. The number of carbonyl (C=O) groups excluding carboxylic acids is 1. The Kier molecular flexibility index (Phi) is 9.87. The molecule has 0 aliphatic heterocycles. The molecule has 39 valence electrons. The molecule has 0 spiro atoms. The predicted molar refractivity (Wildman–Crippen MR) is 31.3 cm³/mol. The standard InChI is InChI=1S/C5H7NO.Na/c1-2-5(7)3-4-6;/h2-3H2,1H3;. The van der Waals surface area contributed by atoms with E-state index >= 15 is 0 Å². The van der Waals surface area contributed by atoms with Crippen LogP contribution in [-0.4, -0.2) is 35.3 Å². The Morgan fingerprint density at radius 3 is 2.38 bits per heavy atom. The van der Waals surface area contributed by atoms with Crippen molar-refractivity contribution in [3.63, 3.8) is 0 Å². The summed E-state index contributed by atoms with van der Waals surface area (Å²) < 4.78 is 0. The summed E-state index contributed by atoms with van der Waals surface area (Å²) in [6, 6.07) is 1.77. The van der Waals surface area contributed by atoms with Gasteiger partial charge in [-0.05, 0) is 0 Å².